The summed E-state index contributed by atoms with van der Waals surface area (Å²) in [6.07, 6.45) is 2.21. The number of halogens is 2. The van der Waals surface area contributed by atoms with Crippen molar-refractivity contribution in [2.24, 2.45) is 0 Å². The van der Waals surface area contributed by atoms with Gasteiger partial charge in [-0.2, -0.15) is 0 Å². The van der Waals surface area contributed by atoms with Gasteiger partial charge in [0.25, 0.3) is 0 Å². The van der Waals surface area contributed by atoms with Crippen LogP contribution in [0.2, 0.25) is 0 Å². The van der Waals surface area contributed by atoms with Crippen molar-refractivity contribution in [2.75, 3.05) is 0 Å². The first-order chi connectivity index (χ1) is 2.80. The van der Waals surface area contributed by atoms with Gasteiger partial charge in [-0.25, -0.2) is 0 Å². The molecular formula is C4H6Cl2. The van der Waals surface area contributed by atoms with Crippen molar-refractivity contribution in [1.29, 1.82) is 0 Å². The van der Waals surface area contributed by atoms with Crippen molar-refractivity contribution in [1.82, 2.24) is 0 Å². The molecule has 0 amide bonds. The van der Waals surface area contributed by atoms with Gasteiger partial charge in [0.15, 0.2) is 0 Å². The van der Waals surface area contributed by atoms with Gasteiger partial charge in [-0.1, -0.05) is 0 Å². The standard InChI is InChI=1S/C4H6Cl2/c5-3-1-2-4(3)6/h3-4H,1-2H2/t3-,4-/m0/s1. The van der Waals surface area contributed by atoms with Crippen LogP contribution in [-0.2, 0) is 0 Å². The number of hydrogen-bond donors (Lipinski definition) is 0. The first-order valence-corrected chi connectivity index (χ1v) is 2.96. The van der Waals surface area contributed by atoms with E-state index in [1.807, 2.05) is 0 Å². The molecule has 6 heavy (non-hydrogen) atoms. The van der Waals surface area contributed by atoms with Crippen LogP contribution in [-0.4, -0.2) is 10.8 Å². The maximum atomic E-state index is 5.57. The lowest BCUT2D eigenvalue weighted by molar-refractivity contribution is 0.524. The molecule has 1 saturated carbocycles. The van der Waals surface area contributed by atoms with Crippen LogP contribution in [0.25, 0.3) is 0 Å². The molecule has 0 aromatic carbocycles. The van der Waals surface area contributed by atoms with Crippen molar-refractivity contribution in [3.05, 3.63) is 0 Å². The molecule has 1 fully saturated rings. The maximum absolute atomic E-state index is 5.57. The average Bonchev–Trinajstić information content (AvgIpc) is 1.61. The predicted molar refractivity (Wildman–Crippen MR) is 28.5 cm³/mol. The minimum atomic E-state index is 0.270. The van der Waals surface area contributed by atoms with Gasteiger partial charge in [-0.15, -0.1) is 23.2 Å². The van der Waals surface area contributed by atoms with E-state index in [-0.39, 0.29) is 10.8 Å². The highest BCUT2D eigenvalue weighted by Crippen LogP contribution is 2.29. The molecule has 0 aromatic heterocycles. The Morgan fingerprint density at radius 1 is 1.00 bits per heavy atom. The Kier molecular flexibility index (Phi) is 1.25. The molecule has 0 unspecified atom stereocenters. The molecule has 0 saturated heterocycles. The fourth-order valence-electron chi connectivity index (χ4n) is 0.419. The molecule has 0 heterocycles. The molecule has 1 aliphatic rings. The van der Waals surface area contributed by atoms with E-state index in [1.54, 1.807) is 0 Å². The summed E-state index contributed by atoms with van der Waals surface area (Å²) in [5.74, 6) is 0. The molecule has 0 N–H and O–H groups in total. The van der Waals surface area contributed by atoms with Crippen LogP contribution in [0.4, 0.5) is 0 Å². The smallest absolute Gasteiger partial charge is 0.0500 e. The molecule has 1 rings (SSSR count). The zero-order valence-electron chi connectivity index (χ0n) is 3.32. The number of alkyl halides is 2. The van der Waals surface area contributed by atoms with Crippen molar-refractivity contribution in [3.8, 4) is 0 Å². The van der Waals surface area contributed by atoms with E-state index in [9.17, 15) is 0 Å². The van der Waals surface area contributed by atoms with Crippen molar-refractivity contribution in [2.45, 2.75) is 23.6 Å². The molecule has 0 radical (unpaired) electrons. The number of rotatable bonds is 0. The summed E-state index contributed by atoms with van der Waals surface area (Å²) in [6, 6.07) is 0. The van der Waals surface area contributed by atoms with Gasteiger partial charge in [0.1, 0.15) is 0 Å². The lowest BCUT2D eigenvalue weighted by atomic mass is 9.99. The van der Waals surface area contributed by atoms with Crippen molar-refractivity contribution >= 4 is 23.2 Å². The molecule has 0 bridgehead atoms. The van der Waals surface area contributed by atoms with Crippen molar-refractivity contribution in [3.63, 3.8) is 0 Å². The monoisotopic (exact) mass is 124 g/mol. The van der Waals surface area contributed by atoms with Gasteiger partial charge >= 0.3 is 0 Å². The van der Waals surface area contributed by atoms with Gasteiger partial charge in [0.2, 0.25) is 0 Å². The summed E-state index contributed by atoms with van der Waals surface area (Å²) in [7, 11) is 0. The van der Waals surface area contributed by atoms with Crippen LogP contribution in [0.5, 0.6) is 0 Å². The van der Waals surface area contributed by atoms with Crippen LogP contribution in [0.15, 0.2) is 0 Å². The molecule has 0 aliphatic heterocycles. The largest absolute Gasteiger partial charge is 0.121 e. The second-order valence-corrected chi connectivity index (χ2v) is 2.73. The molecule has 36 valence electrons. The highest BCUT2D eigenvalue weighted by molar-refractivity contribution is 6.31. The fraction of sp³-hybridized carbons (Fsp3) is 1.00. The summed E-state index contributed by atoms with van der Waals surface area (Å²) in [5.41, 5.74) is 0. The minimum absolute atomic E-state index is 0.270. The minimum Gasteiger partial charge on any atom is -0.121 e. The predicted octanol–water partition coefficient (Wildman–Crippen LogP) is 2.00. The van der Waals surface area contributed by atoms with Gasteiger partial charge in [-0.3, -0.25) is 0 Å². The van der Waals surface area contributed by atoms with Crippen LogP contribution >= 0.6 is 23.2 Å². The lowest BCUT2D eigenvalue weighted by Crippen LogP contribution is -2.26. The van der Waals surface area contributed by atoms with E-state index in [0.717, 1.165) is 12.8 Å². The summed E-state index contributed by atoms with van der Waals surface area (Å²) in [4.78, 5) is 0. The van der Waals surface area contributed by atoms with Gasteiger partial charge in [-0.05, 0) is 12.8 Å². The topological polar surface area (TPSA) is 0 Å². The Morgan fingerprint density at radius 2 is 1.33 bits per heavy atom. The van der Waals surface area contributed by atoms with E-state index < -0.39 is 0 Å². The Bertz CT molecular complexity index is 45.5. The second kappa shape index (κ2) is 1.59. The first kappa shape index (κ1) is 4.73. The quantitative estimate of drug-likeness (QED) is 0.434. The summed E-state index contributed by atoms with van der Waals surface area (Å²) in [6.45, 7) is 0. The van der Waals surface area contributed by atoms with E-state index in [4.69, 9.17) is 23.2 Å². The van der Waals surface area contributed by atoms with E-state index >= 15 is 0 Å². The normalized spacial score (nSPS) is 45.0. The third kappa shape index (κ3) is 0.640. The Labute approximate surface area is 47.4 Å². The second-order valence-electron chi connectivity index (χ2n) is 1.61. The molecular weight excluding hydrogens is 119 g/mol. The molecule has 0 nitrogen and oxygen atoms in total. The SMILES string of the molecule is Cl[C@H]1CC[C@@H]1Cl. The van der Waals surface area contributed by atoms with Gasteiger partial charge in [0.05, 0.1) is 0 Å². The Hall–Kier alpha value is 0.580. The highest BCUT2D eigenvalue weighted by atomic mass is 35.5. The summed E-state index contributed by atoms with van der Waals surface area (Å²) in [5, 5.41) is 0.540. The molecule has 0 spiro atoms. The highest BCUT2D eigenvalue weighted by Gasteiger charge is 2.25. The van der Waals surface area contributed by atoms with Crippen molar-refractivity contribution < 1.29 is 0 Å². The number of hydrogen-bond acceptors (Lipinski definition) is 0. The molecule has 2 atom stereocenters. The Balaban J connectivity index is 2.20. The van der Waals surface area contributed by atoms with Gasteiger partial charge in [0, 0.05) is 10.8 Å². The Morgan fingerprint density at radius 3 is 1.33 bits per heavy atom. The first-order valence-electron chi connectivity index (χ1n) is 2.09. The van der Waals surface area contributed by atoms with Crippen LogP contribution < -0.4 is 0 Å². The van der Waals surface area contributed by atoms with Gasteiger partial charge < -0.3 is 0 Å². The lowest BCUT2D eigenvalue weighted by Gasteiger charge is -2.24. The third-order valence-electron chi connectivity index (χ3n) is 1.11. The van der Waals surface area contributed by atoms with E-state index in [0.29, 0.717) is 0 Å². The fourth-order valence-corrected chi connectivity index (χ4v) is 0.923. The molecule has 1 aliphatic carbocycles. The van der Waals surface area contributed by atoms with Crippen LogP contribution in [0.1, 0.15) is 12.8 Å². The molecule has 0 aromatic rings. The third-order valence-corrected chi connectivity index (χ3v) is 2.28. The zero-order valence-corrected chi connectivity index (χ0v) is 4.84. The zero-order chi connectivity index (χ0) is 4.57. The average molecular weight is 125 g/mol. The van der Waals surface area contributed by atoms with Crippen LogP contribution in [0, 0.1) is 0 Å². The summed E-state index contributed by atoms with van der Waals surface area (Å²) >= 11 is 11.1. The molecule has 2 heteroatoms. The van der Waals surface area contributed by atoms with E-state index in [2.05, 4.69) is 0 Å². The summed E-state index contributed by atoms with van der Waals surface area (Å²) < 4.78 is 0. The van der Waals surface area contributed by atoms with E-state index in [1.165, 1.54) is 0 Å². The maximum Gasteiger partial charge on any atom is 0.0500 e. The van der Waals surface area contributed by atoms with Crippen LogP contribution in [0.3, 0.4) is 0 Å².